The number of sulfone groups is 1. The van der Waals surface area contributed by atoms with Crippen LogP contribution in [0.1, 0.15) is 19.3 Å². The number of hydrogen-bond acceptors (Lipinski definition) is 7. The number of anilines is 1. The van der Waals surface area contributed by atoms with E-state index in [2.05, 4.69) is 0 Å². The van der Waals surface area contributed by atoms with Crippen LogP contribution in [0.25, 0.3) is 0 Å². The number of hydrogen-bond donors (Lipinski definition) is 1. The van der Waals surface area contributed by atoms with Crippen molar-refractivity contribution in [2.45, 2.75) is 41.5 Å². The average molecular weight is 474 g/mol. The van der Waals surface area contributed by atoms with Gasteiger partial charge in [0.05, 0.1) is 21.3 Å². The van der Waals surface area contributed by atoms with Crippen LogP contribution in [0, 0.1) is 10.1 Å². The third kappa shape index (κ3) is 5.34. The number of halogens is 3. The van der Waals surface area contributed by atoms with Crippen LogP contribution in [0.15, 0.2) is 52.3 Å². The molecule has 32 heavy (non-hydrogen) atoms. The number of alkyl halides is 3. The third-order valence-corrected chi connectivity index (χ3v) is 6.28. The number of carbonyl (C=O) groups excluding carboxylic acids is 1. The van der Waals surface area contributed by atoms with Gasteiger partial charge in [-0.25, -0.2) is 8.42 Å². The summed E-state index contributed by atoms with van der Waals surface area (Å²) in [6.07, 6.45) is -3.76. The highest BCUT2D eigenvalue weighted by atomic mass is 32.2. The maximum absolute atomic E-state index is 12.9. The summed E-state index contributed by atoms with van der Waals surface area (Å²) in [6, 6.07) is 7.03. The van der Waals surface area contributed by atoms with Crippen molar-refractivity contribution >= 4 is 27.1 Å². The second-order valence-electron chi connectivity index (χ2n) is 6.78. The van der Waals surface area contributed by atoms with Crippen molar-refractivity contribution in [3.63, 3.8) is 0 Å². The molecule has 1 aliphatic heterocycles. The molecule has 2 aromatic carbocycles. The third-order valence-electron chi connectivity index (χ3n) is 4.51. The van der Waals surface area contributed by atoms with Gasteiger partial charge in [-0.3, -0.25) is 14.9 Å². The fourth-order valence-electron chi connectivity index (χ4n) is 2.91. The van der Waals surface area contributed by atoms with Crippen molar-refractivity contribution < 1.29 is 40.8 Å². The van der Waals surface area contributed by atoms with Crippen LogP contribution >= 0.6 is 0 Å². The highest BCUT2D eigenvalue weighted by Crippen LogP contribution is 2.34. The van der Waals surface area contributed by atoms with Gasteiger partial charge in [0, 0.05) is 24.2 Å². The Morgan fingerprint density at radius 1 is 1.12 bits per heavy atom. The van der Waals surface area contributed by atoms with Gasteiger partial charge >= 0.3 is 17.8 Å². The Labute approximate surface area is 180 Å². The van der Waals surface area contributed by atoms with Crippen molar-refractivity contribution in [1.29, 1.82) is 0 Å². The molecule has 1 amide bonds. The fourth-order valence-corrected chi connectivity index (χ4v) is 4.18. The number of amides is 1. The molecule has 1 unspecified atom stereocenters. The summed E-state index contributed by atoms with van der Waals surface area (Å²) in [5.41, 5.74) is -0.697. The standard InChI is InChI=1S/C19H17F3N2O7S/c20-19(21,22)18(25)23-12-4-6-13(7-5-12)32(28,29)14-8-9-15(24(26)27)16(11-14)31-17-3-1-2-10-30-17/h4-9,11,17H,1-3,10H2,(H,23,25). The molecule has 1 fully saturated rings. The van der Waals surface area contributed by atoms with Gasteiger partial charge in [0.15, 0.2) is 6.29 Å². The normalized spacial score (nSPS) is 16.9. The zero-order chi connectivity index (χ0) is 23.5. The number of nitrogens with one attached hydrogen (secondary N) is 1. The minimum absolute atomic E-state index is 0.256. The van der Waals surface area contributed by atoms with Gasteiger partial charge in [-0.1, -0.05) is 0 Å². The van der Waals surface area contributed by atoms with E-state index in [9.17, 15) is 36.5 Å². The summed E-state index contributed by atoms with van der Waals surface area (Å²) in [5.74, 6) is -2.48. The van der Waals surface area contributed by atoms with E-state index in [1.54, 1.807) is 5.32 Å². The van der Waals surface area contributed by atoms with Gasteiger partial charge in [0.1, 0.15) is 0 Å². The lowest BCUT2D eigenvalue weighted by Gasteiger charge is -2.23. The zero-order valence-corrected chi connectivity index (χ0v) is 17.1. The van der Waals surface area contributed by atoms with Gasteiger partial charge in [-0.15, -0.1) is 0 Å². The second kappa shape index (κ2) is 9.12. The number of benzene rings is 2. The summed E-state index contributed by atoms with van der Waals surface area (Å²) in [7, 11) is -4.20. The van der Waals surface area contributed by atoms with Gasteiger partial charge < -0.3 is 14.8 Å². The van der Waals surface area contributed by atoms with E-state index in [1.165, 1.54) is 0 Å². The summed E-state index contributed by atoms with van der Waals surface area (Å²) in [4.78, 5) is 21.0. The molecular formula is C19H17F3N2O7S. The van der Waals surface area contributed by atoms with Crippen molar-refractivity contribution in [2.24, 2.45) is 0 Å². The van der Waals surface area contributed by atoms with Gasteiger partial charge in [0.2, 0.25) is 15.6 Å². The first-order chi connectivity index (χ1) is 15.0. The zero-order valence-electron chi connectivity index (χ0n) is 16.3. The van der Waals surface area contributed by atoms with Crippen LogP contribution in [0.2, 0.25) is 0 Å². The van der Waals surface area contributed by atoms with Crippen LogP contribution in [0.3, 0.4) is 0 Å². The maximum atomic E-state index is 12.9. The van der Waals surface area contributed by atoms with E-state index in [0.29, 0.717) is 13.0 Å². The number of rotatable bonds is 6. The summed E-state index contributed by atoms with van der Waals surface area (Å²) in [6.45, 7) is 0.410. The highest BCUT2D eigenvalue weighted by molar-refractivity contribution is 7.91. The van der Waals surface area contributed by atoms with E-state index in [-0.39, 0.29) is 21.2 Å². The number of ether oxygens (including phenoxy) is 2. The minimum atomic E-state index is -5.10. The molecule has 9 nitrogen and oxygen atoms in total. The van der Waals surface area contributed by atoms with Crippen LogP contribution < -0.4 is 10.1 Å². The first-order valence-corrected chi connectivity index (χ1v) is 10.8. The maximum Gasteiger partial charge on any atom is 0.471 e. The lowest BCUT2D eigenvalue weighted by molar-refractivity contribution is -0.386. The molecule has 1 atom stereocenters. The number of nitro benzene ring substituents is 1. The Balaban J connectivity index is 1.88. The second-order valence-corrected chi connectivity index (χ2v) is 8.73. The van der Waals surface area contributed by atoms with Crippen molar-refractivity contribution in [1.82, 2.24) is 0 Å². The number of nitro groups is 1. The molecule has 3 rings (SSSR count). The predicted molar refractivity (Wildman–Crippen MR) is 104 cm³/mol. The monoisotopic (exact) mass is 474 g/mol. The van der Waals surface area contributed by atoms with E-state index >= 15 is 0 Å². The average Bonchev–Trinajstić information content (AvgIpc) is 2.74. The van der Waals surface area contributed by atoms with Crippen LogP contribution in [0.5, 0.6) is 5.75 Å². The lowest BCUT2D eigenvalue weighted by atomic mass is 10.2. The summed E-state index contributed by atoms with van der Waals surface area (Å²) >= 11 is 0. The molecule has 2 aromatic rings. The molecule has 0 spiro atoms. The summed E-state index contributed by atoms with van der Waals surface area (Å²) < 4.78 is 73.8. The van der Waals surface area contributed by atoms with Crippen LogP contribution in [0.4, 0.5) is 24.5 Å². The molecule has 1 saturated heterocycles. The van der Waals surface area contributed by atoms with Crippen LogP contribution in [-0.4, -0.2) is 38.3 Å². The van der Waals surface area contributed by atoms with E-state index < -0.39 is 38.8 Å². The Hall–Kier alpha value is -3.19. The smallest absolute Gasteiger partial charge is 0.458 e. The van der Waals surface area contributed by atoms with Gasteiger partial charge in [0.25, 0.3) is 0 Å². The SMILES string of the molecule is O=C(Nc1ccc(S(=O)(=O)c2ccc([N+](=O)[O-])c(OC3CCCCO3)c2)cc1)C(F)(F)F. The molecule has 0 radical (unpaired) electrons. The number of carbonyl (C=O) groups is 1. The van der Waals surface area contributed by atoms with E-state index in [4.69, 9.17) is 9.47 Å². The quantitative estimate of drug-likeness (QED) is 0.498. The van der Waals surface area contributed by atoms with E-state index in [1.807, 2.05) is 0 Å². The molecule has 0 aromatic heterocycles. The van der Waals surface area contributed by atoms with Gasteiger partial charge in [-0.05, 0) is 43.2 Å². The van der Waals surface area contributed by atoms with Crippen LogP contribution in [-0.2, 0) is 19.4 Å². The topological polar surface area (TPSA) is 125 Å². The largest absolute Gasteiger partial charge is 0.471 e. The van der Waals surface area contributed by atoms with E-state index in [0.717, 1.165) is 55.3 Å². The van der Waals surface area contributed by atoms with Crippen molar-refractivity contribution in [3.8, 4) is 5.75 Å². The minimum Gasteiger partial charge on any atom is -0.458 e. The number of nitrogens with zero attached hydrogens (tertiary/aromatic N) is 1. The molecule has 1 heterocycles. The van der Waals surface area contributed by atoms with Crippen molar-refractivity contribution in [2.75, 3.05) is 11.9 Å². The molecule has 1 aliphatic rings. The molecule has 0 aliphatic carbocycles. The van der Waals surface area contributed by atoms with Gasteiger partial charge in [-0.2, -0.15) is 13.2 Å². The predicted octanol–water partition coefficient (Wildman–Crippen LogP) is 3.83. The first-order valence-electron chi connectivity index (χ1n) is 9.28. The highest BCUT2D eigenvalue weighted by Gasteiger charge is 2.38. The Morgan fingerprint density at radius 3 is 2.34 bits per heavy atom. The molecule has 13 heteroatoms. The molecule has 172 valence electrons. The fraction of sp³-hybridized carbons (Fsp3) is 0.316. The lowest BCUT2D eigenvalue weighted by Crippen LogP contribution is -2.29. The Morgan fingerprint density at radius 2 is 1.78 bits per heavy atom. The molecular weight excluding hydrogens is 457 g/mol. The Bertz CT molecular complexity index is 1110. The molecule has 0 saturated carbocycles. The van der Waals surface area contributed by atoms with Crippen molar-refractivity contribution in [3.05, 3.63) is 52.6 Å². The molecule has 1 N–H and O–H groups in total. The first kappa shape index (κ1) is 23.5. The molecule has 0 bridgehead atoms. The Kier molecular flexibility index (Phi) is 6.69. The summed E-state index contributed by atoms with van der Waals surface area (Å²) in [5, 5.41) is 12.9.